The van der Waals surface area contributed by atoms with Crippen LogP contribution in [0.25, 0.3) is 0 Å². The highest BCUT2D eigenvalue weighted by atomic mass is 19.1. The monoisotopic (exact) mass is 296 g/mol. The van der Waals surface area contributed by atoms with E-state index in [1.807, 2.05) is 6.92 Å². The molecule has 116 valence electrons. The lowest BCUT2D eigenvalue weighted by Gasteiger charge is -2.17. The molecular weight excluding hydrogens is 274 g/mol. The lowest BCUT2D eigenvalue weighted by Crippen LogP contribution is -2.36. The Kier molecular flexibility index (Phi) is 5.15. The van der Waals surface area contributed by atoms with Crippen molar-refractivity contribution in [3.05, 3.63) is 29.3 Å². The van der Waals surface area contributed by atoms with E-state index in [1.165, 1.54) is 0 Å². The number of amides is 1. The van der Waals surface area contributed by atoms with Crippen LogP contribution >= 0.6 is 0 Å². The minimum Gasteiger partial charge on any atom is -0.380 e. The summed E-state index contributed by atoms with van der Waals surface area (Å²) in [4.78, 5) is 12.1. The molecule has 0 radical (unpaired) electrons. The topological polar surface area (TPSA) is 41.1 Å². The number of carbonyl (C=O) groups excluding carboxylic acids is 1. The third kappa shape index (κ3) is 3.71. The summed E-state index contributed by atoms with van der Waals surface area (Å²) >= 11 is 0. The molecule has 0 spiro atoms. The molecule has 0 aromatic heterocycles. The van der Waals surface area contributed by atoms with Gasteiger partial charge in [-0.1, -0.05) is 20.3 Å². The number of nitrogens with one attached hydrogen (secondary N) is 2. The van der Waals surface area contributed by atoms with Gasteiger partial charge in [0.2, 0.25) is 0 Å². The molecule has 1 aromatic rings. The first-order valence-electron chi connectivity index (χ1n) is 7.56. The Hall–Kier alpha value is -1.65. The molecule has 5 heteroatoms. The number of anilines is 1. The summed E-state index contributed by atoms with van der Waals surface area (Å²) in [6.07, 6.45) is 3.84. The zero-order valence-corrected chi connectivity index (χ0v) is 12.5. The van der Waals surface area contributed by atoms with E-state index in [0.29, 0.717) is 12.5 Å². The van der Waals surface area contributed by atoms with E-state index in [-0.39, 0.29) is 17.3 Å². The van der Waals surface area contributed by atoms with E-state index >= 15 is 0 Å². The van der Waals surface area contributed by atoms with Crippen LogP contribution < -0.4 is 10.6 Å². The third-order valence-electron chi connectivity index (χ3n) is 4.03. The first-order valence-corrected chi connectivity index (χ1v) is 7.56. The van der Waals surface area contributed by atoms with Crippen LogP contribution in [0.1, 0.15) is 49.9 Å². The second-order valence-electron chi connectivity index (χ2n) is 5.73. The maximum atomic E-state index is 13.9. The van der Waals surface area contributed by atoms with Gasteiger partial charge in [0.25, 0.3) is 5.91 Å². The van der Waals surface area contributed by atoms with Gasteiger partial charge < -0.3 is 10.6 Å². The lowest BCUT2D eigenvalue weighted by molar-refractivity contribution is 0.0928. The van der Waals surface area contributed by atoms with Gasteiger partial charge in [0.05, 0.1) is 0 Å². The number of carbonyl (C=O) groups is 1. The second-order valence-corrected chi connectivity index (χ2v) is 5.73. The number of hydrogen-bond donors (Lipinski definition) is 2. The van der Waals surface area contributed by atoms with Gasteiger partial charge in [-0.25, -0.2) is 8.78 Å². The van der Waals surface area contributed by atoms with Gasteiger partial charge in [-0.15, -0.1) is 0 Å². The quantitative estimate of drug-likeness (QED) is 0.869. The van der Waals surface area contributed by atoms with Gasteiger partial charge in [0.1, 0.15) is 17.3 Å². The molecule has 0 saturated heterocycles. The molecule has 1 fully saturated rings. The maximum Gasteiger partial charge on any atom is 0.251 e. The highest BCUT2D eigenvalue weighted by Gasteiger charge is 2.25. The average Bonchev–Trinajstić information content (AvgIpc) is 2.83. The van der Waals surface area contributed by atoms with E-state index in [2.05, 4.69) is 17.6 Å². The van der Waals surface area contributed by atoms with Crippen molar-refractivity contribution in [3.8, 4) is 0 Å². The molecule has 1 amide bonds. The minimum atomic E-state index is -0.729. The molecule has 1 aliphatic carbocycles. The first kappa shape index (κ1) is 15.7. The Balaban J connectivity index is 2.11. The highest BCUT2D eigenvalue weighted by Crippen LogP contribution is 2.26. The van der Waals surface area contributed by atoms with Gasteiger partial charge >= 0.3 is 0 Å². The fourth-order valence-electron chi connectivity index (χ4n) is 2.73. The Bertz CT molecular complexity index is 496. The molecule has 1 aromatic carbocycles. The fraction of sp³-hybridized carbons (Fsp3) is 0.562. The van der Waals surface area contributed by atoms with Gasteiger partial charge in [-0.05, 0) is 37.3 Å². The van der Waals surface area contributed by atoms with Crippen molar-refractivity contribution in [2.45, 2.75) is 45.6 Å². The Morgan fingerprint density at radius 1 is 1.29 bits per heavy atom. The zero-order valence-electron chi connectivity index (χ0n) is 12.5. The van der Waals surface area contributed by atoms with E-state index < -0.39 is 17.5 Å². The van der Waals surface area contributed by atoms with E-state index in [4.69, 9.17) is 0 Å². The molecule has 2 rings (SSSR count). The number of benzene rings is 1. The summed E-state index contributed by atoms with van der Waals surface area (Å²) in [6.45, 7) is 4.48. The molecule has 1 aliphatic rings. The Morgan fingerprint density at radius 3 is 2.48 bits per heavy atom. The smallest absolute Gasteiger partial charge is 0.251 e. The predicted molar refractivity (Wildman–Crippen MR) is 79.4 cm³/mol. The normalized spacial score (nSPS) is 21.3. The SMILES string of the molecule is CCCNc1c(F)cc(C(=O)NC2CCCC2C)cc1F. The molecule has 1 saturated carbocycles. The predicted octanol–water partition coefficient (Wildman–Crippen LogP) is 3.71. The van der Waals surface area contributed by atoms with E-state index in [0.717, 1.165) is 37.8 Å². The maximum absolute atomic E-state index is 13.9. The van der Waals surface area contributed by atoms with Crippen molar-refractivity contribution in [1.82, 2.24) is 5.32 Å². The molecule has 2 atom stereocenters. The average molecular weight is 296 g/mol. The highest BCUT2D eigenvalue weighted by molar-refractivity contribution is 5.94. The number of rotatable bonds is 5. The van der Waals surface area contributed by atoms with Gasteiger partial charge in [-0.3, -0.25) is 4.79 Å². The van der Waals surface area contributed by atoms with E-state index in [9.17, 15) is 13.6 Å². The molecular formula is C16H22F2N2O. The summed E-state index contributed by atoms with van der Waals surface area (Å²) in [7, 11) is 0. The largest absolute Gasteiger partial charge is 0.380 e. The van der Waals surface area contributed by atoms with Crippen LogP contribution in [-0.4, -0.2) is 18.5 Å². The number of halogens is 2. The summed E-state index contributed by atoms with van der Waals surface area (Å²) in [5, 5.41) is 5.56. The van der Waals surface area contributed by atoms with Crippen LogP contribution in [0.3, 0.4) is 0 Å². The molecule has 0 bridgehead atoms. The van der Waals surface area contributed by atoms with Crippen LogP contribution in [0, 0.1) is 17.6 Å². The zero-order chi connectivity index (χ0) is 15.4. The van der Waals surface area contributed by atoms with Crippen molar-refractivity contribution < 1.29 is 13.6 Å². The number of hydrogen-bond acceptors (Lipinski definition) is 2. The van der Waals surface area contributed by atoms with Crippen LogP contribution in [0.4, 0.5) is 14.5 Å². The van der Waals surface area contributed by atoms with Gasteiger partial charge in [0.15, 0.2) is 0 Å². The van der Waals surface area contributed by atoms with Gasteiger partial charge in [-0.2, -0.15) is 0 Å². The van der Waals surface area contributed by atoms with Crippen LogP contribution in [-0.2, 0) is 0 Å². The van der Waals surface area contributed by atoms with Crippen molar-refractivity contribution >= 4 is 11.6 Å². The van der Waals surface area contributed by atoms with Gasteiger partial charge in [0, 0.05) is 18.2 Å². The van der Waals surface area contributed by atoms with E-state index in [1.54, 1.807) is 0 Å². The molecule has 21 heavy (non-hydrogen) atoms. The fourth-order valence-corrected chi connectivity index (χ4v) is 2.73. The Labute approximate surface area is 124 Å². The molecule has 0 aliphatic heterocycles. The summed E-state index contributed by atoms with van der Waals surface area (Å²) < 4.78 is 27.8. The molecule has 2 N–H and O–H groups in total. The first-order chi connectivity index (χ1) is 10.0. The minimum absolute atomic E-state index is 0.0335. The second kappa shape index (κ2) is 6.87. The van der Waals surface area contributed by atoms with Crippen LogP contribution in [0.2, 0.25) is 0 Å². The van der Waals surface area contributed by atoms with Crippen molar-refractivity contribution in [2.24, 2.45) is 5.92 Å². The summed E-state index contributed by atoms with van der Waals surface area (Å²) in [5.74, 6) is -1.45. The van der Waals surface area contributed by atoms with Crippen LogP contribution in [0.5, 0.6) is 0 Å². The Morgan fingerprint density at radius 2 is 1.95 bits per heavy atom. The third-order valence-corrected chi connectivity index (χ3v) is 4.03. The standard InChI is InChI=1S/C16H22F2N2O/c1-3-7-19-15-12(17)8-11(9-13(15)18)16(21)20-14-6-4-5-10(14)2/h8-10,14,19H,3-7H2,1-2H3,(H,20,21). The molecule has 2 unspecified atom stereocenters. The van der Waals surface area contributed by atoms with Crippen molar-refractivity contribution in [3.63, 3.8) is 0 Å². The van der Waals surface area contributed by atoms with Crippen molar-refractivity contribution in [1.29, 1.82) is 0 Å². The molecule has 3 nitrogen and oxygen atoms in total. The summed E-state index contributed by atoms with van der Waals surface area (Å²) in [6, 6.07) is 2.29. The van der Waals surface area contributed by atoms with Crippen LogP contribution in [0.15, 0.2) is 12.1 Å². The summed E-state index contributed by atoms with van der Waals surface area (Å²) in [5.41, 5.74) is -0.131. The molecule has 0 heterocycles. The van der Waals surface area contributed by atoms with Crippen molar-refractivity contribution in [2.75, 3.05) is 11.9 Å². The lowest BCUT2D eigenvalue weighted by atomic mass is 10.1.